The van der Waals surface area contributed by atoms with Crippen LogP contribution in [-0.4, -0.2) is 56.0 Å². The Labute approximate surface area is 166 Å². The Morgan fingerprint density at radius 2 is 1.93 bits per heavy atom. The molecule has 2 aliphatic rings. The molecule has 6 heteroatoms. The van der Waals surface area contributed by atoms with Crippen LogP contribution in [0.4, 0.5) is 0 Å². The molecule has 1 aromatic carbocycles. The molecule has 2 aliphatic heterocycles. The van der Waals surface area contributed by atoms with Crippen LogP contribution in [0, 0.1) is 0 Å². The summed E-state index contributed by atoms with van der Waals surface area (Å²) in [5, 5.41) is 0. The Morgan fingerprint density at radius 1 is 1.14 bits per heavy atom. The number of aromatic amines is 1. The number of likely N-dealkylation sites (N-methyl/N-ethyl adjacent to an activating group) is 1. The second-order valence-corrected chi connectivity index (χ2v) is 8.69. The van der Waals surface area contributed by atoms with Gasteiger partial charge in [-0.1, -0.05) is 12.1 Å². The lowest BCUT2D eigenvalue weighted by Gasteiger charge is -2.49. The zero-order valence-corrected chi connectivity index (χ0v) is 17.1. The number of rotatable bonds is 3. The highest BCUT2D eigenvalue weighted by molar-refractivity contribution is 5.76. The van der Waals surface area contributed by atoms with Crippen molar-refractivity contribution in [2.75, 3.05) is 26.7 Å². The molecule has 1 N–H and O–H groups in total. The number of aromatic nitrogens is 4. The summed E-state index contributed by atoms with van der Waals surface area (Å²) in [5.41, 5.74) is 5.08. The van der Waals surface area contributed by atoms with Crippen LogP contribution in [0.5, 0.6) is 0 Å². The van der Waals surface area contributed by atoms with E-state index in [2.05, 4.69) is 64.5 Å². The van der Waals surface area contributed by atoms with E-state index in [1.807, 2.05) is 6.33 Å². The van der Waals surface area contributed by atoms with Gasteiger partial charge in [-0.05, 0) is 45.9 Å². The Kier molecular flexibility index (Phi) is 4.29. The molecule has 28 heavy (non-hydrogen) atoms. The molecule has 1 spiro atoms. The van der Waals surface area contributed by atoms with Gasteiger partial charge in [0.1, 0.15) is 5.82 Å². The maximum atomic E-state index is 4.97. The van der Waals surface area contributed by atoms with Crippen molar-refractivity contribution in [1.82, 2.24) is 29.3 Å². The standard InChI is InChI=1S/C22H30N6/c1-16(2)28-19-7-5-4-6-17(19)25-20(28)14-27-12-9-22(10-13-27)21-18(23-15-24-21)8-11-26(22)3/h4-7,15-16H,8-14H2,1-3H3,(H,23,24). The van der Waals surface area contributed by atoms with E-state index in [0.29, 0.717) is 6.04 Å². The summed E-state index contributed by atoms with van der Waals surface area (Å²) in [6.45, 7) is 8.69. The highest BCUT2D eigenvalue weighted by atomic mass is 15.3. The highest BCUT2D eigenvalue weighted by Crippen LogP contribution is 2.41. The van der Waals surface area contributed by atoms with Crippen molar-refractivity contribution >= 4 is 11.0 Å². The SMILES string of the molecule is CC(C)n1c(CN2CCC3(CC2)c2nc[nH]c2CCN3C)nc2ccccc21. The smallest absolute Gasteiger partial charge is 0.124 e. The average Bonchev–Trinajstić information content (AvgIpc) is 3.31. The number of hydrogen-bond acceptors (Lipinski definition) is 4. The monoisotopic (exact) mass is 378 g/mol. The van der Waals surface area contributed by atoms with Gasteiger partial charge in [-0.15, -0.1) is 0 Å². The molecule has 0 radical (unpaired) electrons. The molecule has 1 fully saturated rings. The van der Waals surface area contributed by atoms with Crippen molar-refractivity contribution in [1.29, 1.82) is 0 Å². The van der Waals surface area contributed by atoms with Gasteiger partial charge in [0.25, 0.3) is 0 Å². The fraction of sp³-hybridized carbons (Fsp3) is 0.545. The van der Waals surface area contributed by atoms with Gasteiger partial charge < -0.3 is 9.55 Å². The van der Waals surface area contributed by atoms with E-state index >= 15 is 0 Å². The second kappa shape index (κ2) is 6.71. The first-order valence-corrected chi connectivity index (χ1v) is 10.5. The van der Waals surface area contributed by atoms with Crippen molar-refractivity contribution in [3.63, 3.8) is 0 Å². The molecule has 0 amide bonds. The van der Waals surface area contributed by atoms with Crippen LogP contribution < -0.4 is 0 Å². The fourth-order valence-electron chi connectivity index (χ4n) is 5.27. The third kappa shape index (κ3) is 2.70. The molecular formula is C22H30N6. The molecule has 1 saturated heterocycles. The lowest BCUT2D eigenvalue weighted by Crippen LogP contribution is -2.54. The molecule has 3 aromatic rings. The van der Waals surface area contributed by atoms with Crippen molar-refractivity contribution in [3.8, 4) is 0 Å². The summed E-state index contributed by atoms with van der Waals surface area (Å²) in [7, 11) is 2.27. The maximum absolute atomic E-state index is 4.97. The van der Waals surface area contributed by atoms with Gasteiger partial charge in [0, 0.05) is 37.8 Å². The zero-order chi connectivity index (χ0) is 19.3. The van der Waals surface area contributed by atoms with Crippen LogP contribution in [0.1, 0.15) is 49.9 Å². The molecule has 0 atom stereocenters. The van der Waals surface area contributed by atoms with Gasteiger partial charge in [-0.25, -0.2) is 9.97 Å². The van der Waals surface area contributed by atoms with Crippen molar-refractivity contribution in [2.45, 2.75) is 51.2 Å². The zero-order valence-electron chi connectivity index (χ0n) is 17.1. The fourth-order valence-corrected chi connectivity index (χ4v) is 5.27. The minimum Gasteiger partial charge on any atom is -0.348 e. The molecule has 0 saturated carbocycles. The molecule has 0 unspecified atom stereocenters. The first kappa shape index (κ1) is 17.9. The normalized spacial score (nSPS) is 20.3. The van der Waals surface area contributed by atoms with Crippen LogP contribution in [-0.2, 0) is 18.5 Å². The maximum Gasteiger partial charge on any atom is 0.124 e. The van der Waals surface area contributed by atoms with Gasteiger partial charge in [-0.2, -0.15) is 0 Å². The van der Waals surface area contributed by atoms with Crippen molar-refractivity contribution in [2.24, 2.45) is 0 Å². The van der Waals surface area contributed by atoms with Crippen LogP contribution in [0.2, 0.25) is 0 Å². The van der Waals surface area contributed by atoms with Crippen LogP contribution in [0.3, 0.4) is 0 Å². The van der Waals surface area contributed by atoms with E-state index in [0.717, 1.165) is 51.0 Å². The van der Waals surface area contributed by atoms with E-state index < -0.39 is 0 Å². The predicted octanol–water partition coefficient (Wildman–Crippen LogP) is 3.32. The van der Waals surface area contributed by atoms with Crippen LogP contribution in [0.15, 0.2) is 30.6 Å². The first-order valence-electron chi connectivity index (χ1n) is 10.5. The number of imidazole rings is 2. The van der Waals surface area contributed by atoms with Gasteiger partial charge >= 0.3 is 0 Å². The Balaban J connectivity index is 1.38. The lowest BCUT2D eigenvalue weighted by atomic mass is 9.79. The molecule has 5 rings (SSSR count). The number of piperidine rings is 1. The summed E-state index contributed by atoms with van der Waals surface area (Å²) in [6.07, 6.45) is 5.21. The molecule has 0 bridgehead atoms. The minimum atomic E-state index is 0.0995. The summed E-state index contributed by atoms with van der Waals surface area (Å²) >= 11 is 0. The second-order valence-electron chi connectivity index (χ2n) is 8.69. The third-order valence-electron chi connectivity index (χ3n) is 6.82. The number of H-pyrrole nitrogens is 1. The van der Waals surface area contributed by atoms with Gasteiger partial charge in [0.15, 0.2) is 0 Å². The van der Waals surface area contributed by atoms with E-state index in [4.69, 9.17) is 9.97 Å². The Morgan fingerprint density at radius 3 is 2.71 bits per heavy atom. The number of benzene rings is 1. The number of hydrogen-bond donors (Lipinski definition) is 1. The highest BCUT2D eigenvalue weighted by Gasteiger charge is 2.45. The molecule has 4 heterocycles. The quantitative estimate of drug-likeness (QED) is 0.760. The van der Waals surface area contributed by atoms with Crippen LogP contribution >= 0.6 is 0 Å². The molecule has 2 aromatic heterocycles. The van der Waals surface area contributed by atoms with Crippen molar-refractivity contribution < 1.29 is 0 Å². The topological polar surface area (TPSA) is 53.0 Å². The van der Waals surface area contributed by atoms with E-state index in [9.17, 15) is 0 Å². The first-order chi connectivity index (χ1) is 13.6. The van der Waals surface area contributed by atoms with E-state index in [-0.39, 0.29) is 5.54 Å². The summed E-state index contributed by atoms with van der Waals surface area (Å²) < 4.78 is 2.40. The molecule has 6 nitrogen and oxygen atoms in total. The molecule has 148 valence electrons. The van der Waals surface area contributed by atoms with Gasteiger partial charge in [0.2, 0.25) is 0 Å². The Hall–Kier alpha value is -2.18. The largest absolute Gasteiger partial charge is 0.348 e. The number of fused-ring (bicyclic) bond motifs is 3. The van der Waals surface area contributed by atoms with Gasteiger partial charge in [-0.3, -0.25) is 9.80 Å². The molecule has 0 aliphatic carbocycles. The third-order valence-corrected chi connectivity index (χ3v) is 6.82. The summed E-state index contributed by atoms with van der Waals surface area (Å²) in [4.78, 5) is 18.2. The molecular weight excluding hydrogens is 348 g/mol. The van der Waals surface area contributed by atoms with E-state index in [1.54, 1.807) is 0 Å². The van der Waals surface area contributed by atoms with Crippen LogP contribution in [0.25, 0.3) is 11.0 Å². The lowest BCUT2D eigenvalue weighted by molar-refractivity contribution is 0.0211. The summed E-state index contributed by atoms with van der Waals surface area (Å²) in [6, 6.07) is 8.91. The number of nitrogens with zero attached hydrogens (tertiary/aromatic N) is 5. The van der Waals surface area contributed by atoms with Crippen molar-refractivity contribution in [3.05, 3.63) is 47.8 Å². The number of nitrogens with one attached hydrogen (secondary N) is 1. The average molecular weight is 379 g/mol. The Bertz CT molecular complexity index is 976. The predicted molar refractivity (Wildman–Crippen MR) is 111 cm³/mol. The minimum absolute atomic E-state index is 0.0995. The number of para-hydroxylation sites is 2. The van der Waals surface area contributed by atoms with E-state index in [1.165, 1.54) is 22.7 Å². The summed E-state index contributed by atoms with van der Waals surface area (Å²) in [5.74, 6) is 1.18. The van der Waals surface area contributed by atoms with Gasteiger partial charge in [0.05, 0.1) is 35.1 Å². The number of likely N-dealkylation sites (tertiary alicyclic amines) is 1.